The first-order valence-corrected chi connectivity index (χ1v) is 8.64. The summed E-state index contributed by atoms with van der Waals surface area (Å²) in [6, 6.07) is 14.6. The lowest BCUT2D eigenvalue weighted by molar-refractivity contribution is 0.296. The zero-order valence-corrected chi connectivity index (χ0v) is 14.5. The fraction of sp³-hybridized carbons (Fsp3) is 0.350. The molecule has 0 atom stereocenters. The van der Waals surface area contributed by atoms with Crippen molar-refractivity contribution >= 4 is 5.96 Å². The van der Waals surface area contributed by atoms with Crippen LogP contribution in [0.5, 0.6) is 5.75 Å². The maximum absolute atomic E-state index is 13.2. The lowest BCUT2D eigenvalue weighted by atomic mass is 10.2. The van der Waals surface area contributed by atoms with Crippen LogP contribution in [0, 0.1) is 11.7 Å². The van der Waals surface area contributed by atoms with Gasteiger partial charge in [-0.25, -0.2) is 4.39 Å². The number of halogens is 1. The summed E-state index contributed by atoms with van der Waals surface area (Å²) < 4.78 is 19.2. The van der Waals surface area contributed by atoms with Crippen LogP contribution >= 0.6 is 0 Å². The van der Waals surface area contributed by atoms with E-state index in [0.717, 1.165) is 29.4 Å². The molecule has 0 saturated heterocycles. The normalized spacial score (nSPS) is 14.2. The summed E-state index contributed by atoms with van der Waals surface area (Å²) >= 11 is 0. The van der Waals surface area contributed by atoms with Gasteiger partial charge in [0.05, 0.1) is 6.61 Å². The van der Waals surface area contributed by atoms with Gasteiger partial charge in [-0.15, -0.1) is 0 Å². The van der Waals surface area contributed by atoms with Crippen molar-refractivity contribution in [1.82, 2.24) is 10.6 Å². The third kappa shape index (κ3) is 5.48. The third-order valence-electron chi connectivity index (χ3n) is 4.16. The Labute approximate surface area is 148 Å². The number of hydrogen-bond donors (Lipinski definition) is 2. The summed E-state index contributed by atoms with van der Waals surface area (Å²) in [5.41, 5.74) is 1.97. The molecule has 0 aromatic heterocycles. The van der Waals surface area contributed by atoms with Crippen LogP contribution in [0.25, 0.3) is 0 Å². The molecule has 5 heteroatoms. The zero-order chi connectivity index (χ0) is 17.5. The Kier molecular flexibility index (Phi) is 5.88. The Bertz CT molecular complexity index is 728. The van der Waals surface area contributed by atoms with Gasteiger partial charge in [0.2, 0.25) is 0 Å². The number of ether oxygens (including phenoxy) is 1. The minimum absolute atomic E-state index is 0.232. The largest absolute Gasteiger partial charge is 0.493 e. The molecule has 1 fully saturated rings. The van der Waals surface area contributed by atoms with E-state index in [4.69, 9.17) is 4.74 Å². The second kappa shape index (κ2) is 8.51. The van der Waals surface area contributed by atoms with Gasteiger partial charge in [0.1, 0.15) is 11.6 Å². The molecule has 0 unspecified atom stereocenters. The summed E-state index contributed by atoms with van der Waals surface area (Å²) in [7, 11) is 1.72. The van der Waals surface area contributed by atoms with Gasteiger partial charge in [-0.3, -0.25) is 4.99 Å². The first kappa shape index (κ1) is 17.3. The topological polar surface area (TPSA) is 45.7 Å². The lowest BCUT2D eigenvalue weighted by Crippen LogP contribution is -2.36. The number of nitrogens with zero attached hydrogens (tertiary/aromatic N) is 1. The van der Waals surface area contributed by atoms with E-state index in [1.54, 1.807) is 13.1 Å². The predicted octanol–water partition coefficient (Wildman–Crippen LogP) is 3.48. The van der Waals surface area contributed by atoms with E-state index in [-0.39, 0.29) is 5.82 Å². The molecule has 4 nitrogen and oxygen atoms in total. The molecule has 2 N–H and O–H groups in total. The van der Waals surface area contributed by atoms with Crippen LogP contribution in [0.4, 0.5) is 4.39 Å². The van der Waals surface area contributed by atoms with Gasteiger partial charge in [0.25, 0.3) is 0 Å². The van der Waals surface area contributed by atoms with Crippen molar-refractivity contribution in [2.75, 3.05) is 13.7 Å². The van der Waals surface area contributed by atoms with Crippen molar-refractivity contribution in [2.24, 2.45) is 10.9 Å². The fourth-order valence-electron chi connectivity index (χ4n) is 2.52. The first-order chi connectivity index (χ1) is 12.2. The maximum atomic E-state index is 13.2. The van der Waals surface area contributed by atoms with Gasteiger partial charge in [-0.2, -0.15) is 0 Å². The van der Waals surface area contributed by atoms with Crippen molar-refractivity contribution in [3.63, 3.8) is 0 Å². The minimum atomic E-state index is -0.232. The van der Waals surface area contributed by atoms with Gasteiger partial charge in [-0.05, 0) is 42.5 Å². The summed E-state index contributed by atoms with van der Waals surface area (Å²) in [5.74, 6) is 2.08. The Morgan fingerprint density at radius 2 is 1.92 bits per heavy atom. The van der Waals surface area contributed by atoms with Gasteiger partial charge < -0.3 is 15.4 Å². The second-order valence-electron chi connectivity index (χ2n) is 6.27. The monoisotopic (exact) mass is 341 g/mol. The van der Waals surface area contributed by atoms with E-state index in [9.17, 15) is 4.39 Å². The molecular formula is C20H24FN3O. The SMILES string of the molecule is CN=C(NCc1cccc(F)c1)NCc1ccccc1OCC1CC1. The van der Waals surface area contributed by atoms with Crippen LogP contribution in [-0.4, -0.2) is 19.6 Å². The number of para-hydroxylation sites is 1. The predicted molar refractivity (Wildman–Crippen MR) is 98.1 cm³/mol. The summed E-state index contributed by atoms with van der Waals surface area (Å²) in [4.78, 5) is 4.21. The molecule has 2 aromatic carbocycles. The molecule has 1 aliphatic rings. The number of hydrogen-bond acceptors (Lipinski definition) is 2. The standard InChI is InChI=1S/C20H24FN3O/c1-22-20(23-12-16-5-4-7-18(21)11-16)24-13-17-6-2-3-8-19(17)25-14-15-9-10-15/h2-8,11,15H,9-10,12-14H2,1H3,(H2,22,23,24). The molecule has 0 spiro atoms. The third-order valence-corrected chi connectivity index (χ3v) is 4.16. The molecule has 3 rings (SSSR count). The molecule has 2 aromatic rings. The van der Waals surface area contributed by atoms with Crippen molar-refractivity contribution in [3.8, 4) is 5.75 Å². The Balaban J connectivity index is 1.52. The van der Waals surface area contributed by atoms with Crippen molar-refractivity contribution in [1.29, 1.82) is 0 Å². The highest BCUT2D eigenvalue weighted by atomic mass is 19.1. The highest BCUT2D eigenvalue weighted by Gasteiger charge is 2.22. The van der Waals surface area contributed by atoms with Crippen LogP contribution in [-0.2, 0) is 13.1 Å². The minimum Gasteiger partial charge on any atom is -0.493 e. The number of benzene rings is 2. The molecule has 0 aliphatic heterocycles. The maximum Gasteiger partial charge on any atom is 0.191 e. The zero-order valence-electron chi connectivity index (χ0n) is 14.5. The highest BCUT2D eigenvalue weighted by molar-refractivity contribution is 5.79. The van der Waals surface area contributed by atoms with Crippen LogP contribution in [0.3, 0.4) is 0 Å². The summed E-state index contributed by atoms with van der Waals surface area (Å²) in [6.07, 6.45) is 2.55. The van der Waals surface area contributed by atoms with Gasteiger partial charge >= 0.3 is 0 Å². The van der Waals surface area contributed by atoms with E-state index in [2.05, 4.69) is 21.7 Å². The molecule has 0 bridgehead atoms. The molecule has 132 valence electrons. The molecule has 0 radical (unpaired) electrons. The number of nitrogens with one attached hydrogen (secondary N) is 2. The first-order valence-electron chi connectivity index (χ1n) is 8.64. The Hall–Kier alpha value is -2.56. The molecule has 0 amide bonds. The van der Waals surface area contributed by atoms with E-state index in [1.165, 1.54) is 25.0 Å². The average Bonchev–Trinajstić information content (AvgIpc) is 3.45. The molecule has 25 heavy (non-hydrogen) atoms. The highest BCUT2D eigenvalue weighted by Crippen LogP contribution is 2.30. The average molecular weight is 341 g/mol. The lowest BCUT2D eigenvalue weighted by Gasteiger charge is -2.15. The smallest absolute Gasteiger partial charge is 0.191 e. The Morgan fingerprint density at radius 3 is 2.68 bits per heavy atom. The fourth-order valence-corrected chi connectivity index (χ4v) is 2.52. The van der Waals surface area contributed by atoms with Crippen LogP contribution in [0.1, 0.15) is 24.0 Å². The second-order valence-corrected chi connectivity index (χ2v) is 6.27. The number of rotatable bonds is 7. The van der Waals surface area contributed by atoms with Gasteiger partial charge in [-0.1, -0.05) is 30.3 Å². The molecule has 0 heterocycles. The Morgan fingerprint density at radius 1 is 1.12 bits per heavy atom. The number of aliphatic imine (C=N–C) groups is 1. The van der Waals surface area contributed by atoms with Crippen LogP contribution in [0.15, 0.2) is 53.5 Å². The van der Waals surface area contributed by atoms with E-state index in [0.29, 0.717) is 19.0 Å². The van der Waals surface area contributed by atoms with Crippen molar-refractivity contribution in [3.05, 3.63) is 65.5 Å². The van der Waals surface area contributed by atoms with Gasteiger partial charge in [0.15, 0.2) is 5.96 Å². The van der Waals surface area contributed by atoms with E-state index < -0.39 is 0 Å². The molecule has 1 aliphatic carbocycles. The van der Waals surface area contributed by atoms with Crippen LogP contribution < -0.4 is 15.4 Å². The van der Waals surface area contributed by atoms with E-state index in [1.807, 2.05) is 24.3 Å². The quantitative estimate of drug-likeness (QED) is 0.599. The number of guanidine groups is 1. The van der Waals surface area contributed by atoms with Crippen molar-refractivity contribution < 1.29 is 9.13 Å². The molecular weight excluding hydrogens is 317 g/mol. The molecule has 1 saturated carbocycles. The van der Waals surface area contributed by atoms with E-state index >= 15 is 0 Å². The van der Waals surface area contributed by atoms with Gasteiger partial charge in [0, 0.05) is 25.7 Å². The van der Waals surface area contributed by atoms with Crippen molar-refractivity contribution in [2.45, 2.75) is 25.9 Å². The van der Waals surface area contributed by atoms with Crippen LogP contribution in [0.2, 0.25) is 0 Å². The summed E-state index contributed by atoms with van der Waals surface area (Å²) in [5, 5.41) is 6.47. The summed E-state index contributed by atoms with van der Waals surface area (Å²) in [6.45, 7) is 1.92.